The van der Waals surface area contributed by atoms with Crippen molar-refractivity contribution in [3.8, 4) is 0 Å². The van der Waals surface area contributed by atoms with Crippen LogP contribution in [0.15, 0.2) is 65.8 Å². The maximum atomic E-state index is 4.82. The number of rotatable bonds is 3. The SMILES string of the molecule is Cc1nc(N2N=C(c3ccccc3)N(Br)N2c2ccccc2)sc1C.[N+3]. The van der Waals surface area contributed by atoms with Crippen molar-refractivity contribution in [2.45, 2.75) is 13.8 Å². The molecule has 0 saturated carbocycles. The number of para-hydroxylation sites is 1. The molecule has 0 fully saturated rings. The topological polar surface area (TPSA) is 65.5 Å². The summed E-state index contributed by atoms with van der Waals surface area (Å²) in [4.78, 5) is 5.87. The molecular weight excluding hydrogens is 412 g/mol. The molecule has 0 bridgehead atoms. The van der Waals surface area contributed by atoms with E-state index in [1.165, 1.54) is 4.88 Å². The van der Waals surface area contributed by atoms with Crippen molar-refractivity contribution in [2.75, 3.05) is 10.2 Å². The van der Waals surface area contributed by atoms with Crippen LogP contribution in [0, 0.1) is 13.8 Å². The highest BCUT2D eigenvalue weighted by Gasteiger charge is 3.00. The standard InChI is InChI=1S/C18H16BrN5S.N/c1-13-14(2)25-18(20-13)23-21-17(15-9-5-3-6-10-15)22(19)24(23)16-11-7-4-8-12-16;/h3-12H,1-2H3;/q;+3. The molecule has 3 aromatic rings. The molecule has 26 heavy (non-hydrogen) atoms. The number of benzene rings is 2. The summed E-state index contributed by atoms with van der Waals surface area (Å²) < 4.78 is 1.86. The molecule has 0 N–H and O–H groups in total. The van der Waals surface area contributed by atoms with Crippen LogP contribution >= 0.6 is 27.5 Å². The Morgan fingerprint density at radius 2 is 1.54 bits per heavy atom. The lowest BCUT2D eigenvalue weighted by atomic mass is 10.2. The second-order valence-corrected chi connectivity index (χ2v) is 7.46. The van der Waals surface area contributed by atoms with Crippen LogP contribution in [0.1, 0.15) is 16.1 Å². The quantitative estimate of drug-likeness (QED) is 0.580. The Morgan fingerprint density at radius 1 is 0.923 bits per heavy atom. The van der Waals surface area contributed by atoms with Crippen LogP contribution in [-0.4, -0.2) is 14.9 Å². The highest BCUT2D eigenvalue weighted by Crippen LogP contribution is 2.35. The number of hydrazone groups is 1. The summed E-state index contributed by atoms with van der Waals surface area (Å²) in [6.45, 7) is 4.10. The third-order valence-electron chi connectivity index (χ3n) is 3.92. The summed E-state index contributed by atoms with van der Waals surface area (Å²) in [6.07, 6.45) is 0. The van der Waals surface area contributed by atoms with Gasteiger partial charge in [0.25, 0.3) is 0 Å². The fraction of sp³-hybridized carbons (Fsp3) is 0.111. The van der Waals surface area contributed by atoms with Crippen molar-refractivity contribution in [3.05, 3.63) is 76.8 Å². The van der Waals surface area contributed by atoms with Crippen molar-refractivity contribution in [1.82, 2.24) is 15.2 Å². The average molecular weight is 428 g/mol. The third kappa shape index (κ3) is 3.10. The predicted molar refractivity (Wildman–Crippen MR) is 109 cm³/mol. The minimum Gasteiger partial charge on any atom is -0.222 e. The number of nitrogens with zero attached hydrogens (tertiary/aromatic N) is 6. The number of aromatic nitrogens is 1. The summed E-state index contributed by atoms with van der Waals surface area (Å²) >= 11 is 5.30. The van der Waals surface area contributed by atoms with Crippen LogP contribution < -0.4 is 16.4 Å². The summed E-state index contributed by atoms with van der Waals surface area (Å²) in [6, 6.07) is 20.2. The van der Waals surface area contributed by atoms with E-state index in [0.717, 1.165) is 27.9 Å². The molecule has 128 valence electrons. The van der Waals surface area contributed by atoms with Crippen LogP contribution in [0.2, 0.25) is 0 Å². The second kappa shape index (κ2) is 7.29. The van der Waals surface area contributed by atoms with Gasteiger partial charge in [0.2, 0.25) is 5.13 Å². The second-order valence-electron chi connectivity index (χ2n) is 5.60. The van der Waals surface area contributed by atoms with Crippen molar-refractivity contribution in [1.29, 1.82) is 0 Å². The molecule has 0 unspecified atom stereocenters. The molecule has 0 saturated heterocycles. The van der Waals surface area contributed by atoms with Crippen molar-refractivity contribution in [2.24, 2.45) is 5.10 Å². The van der Waals surface area contributed by atoms with Crippen LogP contribution in [-0.2, 0) is 0 Å². The van der Waals surface area contributed by atoms with Gasteiger partial charge in [-0.05, 0) is 26.0 Å². The lowest BCUT2D eigenvalue weighted by Gasteiger charge is -2.30. The first-order chi connectivity index (χ1) is 12.1. The molecule has 0 aliphatic carbocycles. The molecule has 1 aliphatic rings. The molecule has 0 spiro atoms. The Kier molecular flexibility index (Phi) is 5.08. The minimum absolute atomic E-state index is 0. The van der Waals surface area contributed by atoms with E-state index >= 15 is 0 Å². The van der Waals surface area contributed by atoms with E-state index in [0.29, 0.717) is 0 Å². The van der Waals surface area contributed by atoms with E-state index in [9.17, 15) is 0 Å². The average Bonchev–Trinajstić information content (AvgIpc) is 3.16. The lowest BCUT2D eigenvalue weighted by molar-refractivity contribution is 0.631. The van der Waals surface area contributed by atoms with Gasteiger partial charge < -0.3 is 0 Å². The van der Waals surface area contributed by atoms with E-state index in [1.807, 2.05) is 81.9 Å². The van der Waals surface area contributed by atoms with E-state index in [1.54, 1.807) is 11.3 Å². The highest BCUT2D eigenvalue weighted by atomic mass is 79.9. The van der Waals surface area contributed by atoms with Crippen LogP contribution in [0.25, 0.3) is 0 Å². The van der Waals surface area contributed by atoms with Crippen molar-refractivity contribution < 1.29 is 0 Å². The maximum Gasteiger partial charge on any atom is 3.00 e. The summed E-state index contributed by atoms with van der Waals surface area (Å²) in [7, 11) is 0. The molecule has 0 amide bonds. The molecule has 1 aromatic heterocycles. The van der Waals surface area contributed by atoms with E-state index in [4.69, 9.17) is 5.10 Å². The molecule has 8 heteroatoms. The highest BCUT2D eigenvalue weighted by molar-refractivity contribution is 9.07. The van der Waals surface area contributed by atoms with Gasteiger partial charge in [-0.15, -0.1) is 10.2 Å². The molecule has 0 atom stereocenters. The Bertz CT molecular complexity index is 892. The van der Waals surface area contributed by atoms with Gasteiger partial charge in [-0.2, -0.15) is 9.15 Å². The molecule has 6 nitrogen and oxygen atoms in total. The maximum absolute atomic E-state index is 4.82. The number of halogens is 1. The van der Waals surface area contributed by atoms with E-state index < -0.39 is 0 Å². The molecule has 2 aromatic carbocycles. The van der Waals surface area contributed by atoms with Gasteiger partial charge in [-0.25, -0.2) is 4.98 Å². The molecule has 1 aliphatic heterocycles. The van der Waals surface area contributed by atoms with Gasteiger partial charge in [-0.1, -0.05) is 59.9 Å². The zero-order chi connectivity index (χ0) is 17.4. The van der Waals surface area contributed by atoms with Crippen LogP contribution in [0.5, 0.6) is 0 Å². The Labute approximate surface area is 165 Å². The Hall–Kier alpha value is -2.67. The van der Waals surface area contributed by atoms with Gasteiger partial charge in [0.1, 0.15) is 0 Å². The molecule has 4 rings (SSSR count). The van der Waals surface area contributed by atoms with Crippen molar-refractivity contribution >= 4 is 44.1 Å². The molecule has 2 radical (unpaired) electrons. The van der Waals surface area contributed by atoms with E-state index in [-0.39, 0.29) is 6.15 Å². The number of amidine groups is 1. The zero-order valence-electron chi connectivity index (χ0n) is 14.2. The fourth-order valence-electron chi connectivity index (χ4n) is 2.52. The first-order valence-corrected chi connectivity index (χ1v) is 9.37. The lowest BCUT2D eigenvalue weighted by Crippen LogP contribution is -2.42. The zero-order valence-corrected chi connectivity index (χ0v) is 16.6. The number of hydrazine groups is 2. The monoisotopic (exact) mass is 427 g/mol. The Morgan fingerprint density at radius 3 is 2.12 bits per heavy atom. The summed E-state index contributed by atoms with van der Waals surface area (Å²) in [5.74, 6) is 0.801. The smallest absolute Gasteiger partial charge is 0.222 e. The normalized spacial score (nSPS) is 13.7. The number of thiazole rings is 1. The number of hydrogen-bond donors (Lipinski definition) is 0. The summed E-state index contributed by atoms with van der Waals surface area (Å²) in [5.41, 5.74) is 3.03. The van der Waals surface area contributed by atoms with Crippen LogP contribution in [0.3, 0.4) is 0 Å². The van der Waals surface area contributed by atoms with Gasteiger partial charge in [0, 0.05) is 10.4 Å². The van der Waals surface area contributed by atoms with Crippen molar-refractivity contribution in [3.63, 3.8) is 0 Å². The predicted octanol–water partition coefficient (Wildman–Crippen LogP) is 4.41. The van der Waals surface area contributed by atoms with E-state index in [2.05, 4.69) is 28.1 Å². The number of hydrogen-bond acceptors (Lipinski definition) is 6. The summed E-state index contributed by atoms with van der Waals surface area (Å²) in [5, 5.41) is 9.44. The fourth-order valence-corrected chi connectivity index (χ4v) is 3.96. The molecule has 2 heterocycles. The number of aryl methyl sites for hydroxylation is 2. The first-order valence-electron chi connectivity index (χ1n) is 7.84. The van der Waals surface area contributed by atoms with Gasteiger partial charge in [-0.3, -0.25) is 0 Å². The van der Waals surface area contributed by atoms with Gasteiger partial charge in [0.15, 0.2) is 5.84 Å². The first kappa shape index (κ1) is 18.1. The number of anilines is 2. The Balaban J connectivity index is 0.00000196. The minimum atomic E-state index is 0. The van der Waals surface area contributed by atoms with Gasteiger partial charge in [0.05, 0.1) is 27.5 Å². The van der Waals surface area contributed by atoms with Gasteiger partial charge >= 0.3 is 6.15 Å². The largest absolute Gasteiger partial charge is 3.00 e. The molecular formula is C18H16BrN6S+3. The van der Waals surface area contributed by atoms with Crippen LogP contribution in [0.4, 0.5) is 10.8 Å². The third-order valence-corrected chi connectivity index (χ3v) is 5.59.